The second-order valence-corrected chi connectivity index (χ2v) is 9.54. The molecule has 2 saturated carbocycles. The van der Waals surface area contributed by atoms with Gasteiger partial charge in [-0.3, -0.25) is 9.59 Å². The molecule has 2 unspecified atom stereocenters. The van der Waals surface area contributed by atoms with Crippen LogP contribution in [0, 0.1) is 11.8 Å². The predicted octanol–water partition coefficient (Wildman–Crippen LogP) is 3.41. The molecule has 0 spiro atoms. The fourth-order valence-corrected chi connectivity index (χ4v) is 5.83. The lowest BCUT2D eigenvalue weighted by atomic mass is 9.84. The third-order valence-corrected chi connectivity index (χ3v) is 7.48. The van der Waals surface area contributed by atoms with Crippen molar-refractivity contribution in [1.82, 2.24) is 15.5 Å². The summed E-state index contributed by atoms with van der Waals surface area (Å²) >= 11 is 0. The summed E-state index contributed by atoms with van der Waals surface area (Å²) in [4.78, 5) is 27.5. The van der Waals surface area contributed by atoms with Crippen molar-refractivity contribution < 1.29 is 9.59 Å². The van der Waals surface area contributed by atoms with E-state index in [2.05, 4.69) is 15.5 Å². The molecular formula is C22H38ClN3O2. The number of carbonyl (C=O) groups is 2. The van der Waals surface area contributed by atoms with Crippen LogP contribution in [0.25, 0.3) is 0 Å². The molecule has 2 amide bonds. The second kappa shape index (κ2) is 10.3. The summed E-state index contributed by atoms with van der Waals surface area (Å²) in [5.41, 5.74) is 0. The Kier molecular flexibility index (Phi) is 8.04. The van der Waals surface area contributed by atoms with Crippen LogP contribution < -0.4 is 10.6 Å². The number of rotatable bonds is 4. The molecule has 2 aliphatic heterocycles. The molecule has 28 heavy (non-hydrogen) atoms. The Hall–Kier alpha value is -0.810. The largest absolute Gasteiger partial charge is 0.353 e. The molecule has 0 aromatic carbocycles. The van der Waals surface area contributed by atoms with E-state index in [1.165, 1.54) is 44.9 Å². The van der Waals surface area contributed by atoms with E-state index >= 15 is 0 Å². The fourth-order valence-electron chi connectivity index (χ4n) is 5.83. The van der Waals surface area contributed by atoms with Crippen LogP contribution in [0.15, 0.2) is 0 Å². The first kappa shape index (κ1) is 21.9. The number of halogens is 1. The molecule has 2 bridgehead atoms. The highest BCUT2D eigenvalue weighted by Gasteiger charge is 2.35. The molecule has 2 heterocycles. The number of amides is 2. The third-order valence-electron chi connectivity index (χ3n) is 7.48. The van der Waals surface area contributed by atoms with E-state index in [0.717, 1.165) is 45.2 Å². The maximum absolute atomic E-state index is 13.0. The quantitative estimate of drug-likeness (QED) is 0.745. The summed E-state index contributed by atoms with van der Waals surface area (Å²) in [6, 6.07) is 1.42. The zero-order valence-corrected chi connectivity index (χ0v) is 18.0. The number of likely N-dealkylation sites (tertiary alicyclic amines) is 1. The van der Waals surface area contributed by atoms with Gasteiger partial charge in [0.2, 0.25) is 11.8 Å². The Morgan fingerprint density at radius 3 is 2.32 bits per heavy atom. The first-order chi connectivity index (χ1) is 13.2. The van der Waals surface area contributed by atoms with Crippen LogP contribution in [0.2, 0.25) is 0 Å². The van der Waals surface area contributed by atoms with Crippen molar-refractivity contribution >= 4 is 24.2 Å². The van der Waals surface area contributed by atoms with Gasteiger partial charge in [-0.05, 0) is 63.7 Å². The van der Waals surface area contributed by atoms with Crippen LogP contribution in [-0.2, 0) is 9.59 Å². The van der Waals surface area contributed by atoms with Gasteiger partial charge in [0, 0.05) is 43.6 Å². The zero-order valence-electron chi connectivity index (χ0n) is 17.2. The van der Waals surface area contributed by atoms with Gasteiger partial charge in [-0.15, -0.1) is 12.4 Å². The van der Waals surface area contributed by atoms with E-state index in [1.807, 2.05) is 0 Å². The van der Waals surface area contributed by atoms with Gasteiger partial charge in [-0.25, -0.2) is 0 Å². The first-order valence-electron chi connectivity index (χ1n) is 11.5. The SMILES string of the molecule is Cl.O=C(CC1CCCCC1)NC1CCC(C(=O)N2CCC3CCC(C2)N3)CC1. The highest BCUT2D eigenvalue weighted by atomic mass is 35.5. The van der Waals surface area contributed by atoms with Crippen molar-refractivity contribution in [3.63, 3.8) is 0 Å². The van der Waals surface area contributed by atoms with E-state index in [1.54, 1.807) is 0 Å². The maximum atomic E-state index is 13.0. The fraction of sp³-hybridized carbons (Fsp3) is 0.909. The minimum Gasteiger partial charge on any atom is -0.353 e. The minimum absolute atomic E-state index is 0. The van der Waals surface area contributed by atoms with Crippen molar-refractivity contribution in [2.75, 3.05) is 13.1 Å². The molecule has 6 heteroatoms. The highest BCUT2D eigenvalue weighted by Crippen LogP contribution is 2.29. The van der Waals surface area contributed by atoms with E-state index in [4.69, 9.17) is 0 Å². The Balaban J connectivity index is 0.00000225. The average Bonchev–Trinajstić information content (AvgIpc) is 3.01. The zero-order chi connectivity index (χ0) is 18.6. The van der Waals surface area contributed by atoms with Crippen molar-refractivity contribution in [3.05, 3.63) is 0 Å². The topological polar surface area (TPSA) is 61.4 Å². The van der Waals surface area contributed by atoms with Gasteiger partial charge in [-0.2, -0.15) is 0 Å². The summed E-state index contributed by atoms with van der Waals surface area (Å²) in [5.74, 6) is 1.39. The van der Waals surface area contributed by atoms with Crippen LogP contribution in [0.4, 0.5) is 0 Å². The molecular weight excluding hydrogens is 374 g/mol. The molecule has 160 valence electrons. The van der Waals surface area contributed by atoms with E-state index < -0.39 is 0 Å². The highest BCUT2D eigenvalue weighted by molar-refractivity contribution is 5.85. The molecule has 2 saturated heterocycles. The third kappa shape index (κ3) is 5.63. The van der Waals surface area contributed by atoms with Gasteiger partial charge < -0.3 is 15.5 Å². The monoisotopic (exact) mass is 411 g/mol. The van der Waals surface area contributed by atoms with Crippen molar-refractivity contribution in [1.29, 1.82) is 0 Å². The normalized spacial score (nSPS) is 33.6. The molecule has 4 fully saturated rings. The van der Waals surface area contributed by atoms with Crippen LogP contribution in [0.1, 0.15) is 83.5 Å². The Morgan fingerprint density at radius 1 is 0.857 bits per heavy atom. The summed E-state index contributed by atoms with van der Waals surface area (Å²) in [7, 11) is 0. The smallest absolute Gasteiger partial charge is 0.225 e. The van der Waals surface area contributed by atoms with Crippen LogP contribution in [-0.4, -0.2) is 47.9 Å². The molecule has 2 N–H and O–H groups in total. The standard InChI is InChI=1S/C22H37N3O2.ClH/c26-21(14-16-4-2-1-3-5-16)24-18-8-6-17(7-9-18)22(27)25-13-12-19-10-11-20(15-25)23-19;/h16-20,23H,1-15H2,(H,24,26);1H. The van der Waals surface area contributed by atoms with Gasteiger partial charge in [0.1, 0.15) is 0 Å². The number of hydrogen-bond acceptors (Lipinski definition) is 3. The average molecular weight is 412 g/mol. The number of hydrogen-bond donors (Lipinski definition) is 2. The lowest BCUT2D eigenvalue weighted by molar-refractivity contribution is -0.137. The van der Waals surface area contributed by atoms with Crippen molar-refractivity contribution in [2.45, 2.75) is 102 Å². The van der Waals surface area contributed by atoms with E-state index in [-0.39, 0.29) is 30.3 Å². The van der Waals surface area contributed by atoms with Crippen molar-refractivity contribution in [2.24, 2.45) is 11.8 Å². The van der Waals surface area contributed by atoms with Crippen molar-refractivity contribution in [3.8, 4) is 0 Å². The molecule has 2 aliphatic carbocycles. The summed E-state index contributed by atoms with van der Waals surface area (Å²) in [5, 5.41) is 6.92. The van der Waals surface area contributed by atoms with Crippen LogP contribution >= 0.6 is 12.4 Å². The van der Waals surface area contributed by atoms with Gasteiger partial charge >= 0.3 is 0 Å². The molecule has 0 aromatic rings. The second-order valence-electron chi connectivity index (χ2n) is 9.54. The molecule has 5 nitrogen and oxygen atoms in total. The Labute approximate surface area is 176 Å². The number of nitrogens with one attached hydrogen (secondary N) is 2. The van der Waals surface area contributed by atoms with E-state index in [0.29, 0.717) is 30.3 Å². The summed E-state index contributed by atoms with van der Waals surface area (Å²) in [6.07, 6.45) is 14.5. The van der Waals surface area contributed by atoms with Gasteiger partial charge in [-0.1, -0.05) is 19.3 Å². The Morgan fingerprint density at radius 2 is 1.57 bits per heavy atom. The number of nitrogens with zero attached hydrogens (tertiary/aromatic N) is 1. The number of fused-ring (bicyclic) bond motifs is 2. The maximum Gasteiger partial charge on any atom is 0.225 e. The Bertz CT molecular complexity index is 530. The molecule has 2 atom stereocenters. The summed E-state index contributed by atoms with van der Waals surface area (Å²) < 4.78 is 0. The minimum atomic E-state index is 0. The first-order valence-corrected chi connectivity index (χ1v) is 11.5. The van der Waals surface area contributed by atoms with Gasteiger partial charge in [0.15, 0.2) is 0 Å². The molecule has 0 aromatic heterocycles. The summed E-state index contributed by atoms with van der Waals surface area (Å²) in [6.45, 7) is 1.82. The number of carbonyl (C=O) groups excluding carboxylic acids is 2. The molecule has 4 rings (SSSR count). The predicted molar refractivity (Wildman–Crippen MR) is 113 cm³/mol. The van der Waals surface area contributed by atoms with Gasteiger partial charge in [0.05, 0.1) is 0 Å². The lowest BCUT2D eigenvalue weighted by Crippen LogP contribution is -2.45. The molecule has 4 aliphatic rings. The molecule has 0 radical (unpaired) electrons. The van der Waals surface area contributed by atoms with Gasteiger partial charge in [0.25, 0.3) is 0 Å². The van der Waals surface area contributed by atoms with Crippen LogP contribution in [0.5, 0.6) is 0 Å². The lowest BCUT2D eigenvalue weighted by Gasteiger charge is -2.33. The van der Waals surface area contributed by atoms with E-state index in [9.17, 15) is 9.59 Å². The van der Waals surface area contributed by atoms with Crippen LogP contribution in [0.3, 0.4) is 0 Å².